The van der Waals surface area contributed by atoms with Crippen molar-refractivity contribution in [1.82, 2.24) is 4.57 Å². The summed E-state index contributed by atoms with van der Waals surface area (Å²) in [5.74, 6) is -0.159. The summed E-state index contributed by atoms with van der Waals surface area (Å²) in [5, 5.41) is 0.756. The van der Waals surface area contributed by atoms with E-state index in [-0.39, 0.29) is 10.7 Å². The van der Waals surface area contributed by atoms with E-state index in [1.165, 1.54) is 53.8 Å². The highest BCUT2D eigenvalue weighted by atomic mass is 35.5. The topological polar surface area (TPSA) is 31.2 Å². The van der Waals surface area contributed by atoms with Crippen LogP contribution in [-0.2, 0) is 35.3 Å². The molecule has 0 bridgehead atoms. The molecule has 0 spiro atoms. The molecule has 0 fully saturated rings. The highest BCUT2D eigenvalue weighted by molar-refractivity contribution is 8.00. The largest absolute Gasteiger partial charge is 0.469 e. The molecule has 3 rings (SSSR count). The number of benzene rings is 1. The van der Waals surface area contributed by atoms with Gasteiger partial charge in [0.15, 0.2) is 0 Å². The number of methoxy groups -OCH3 is 1. The Morgan fingerprint density at radius 1 is 1.06 bits per heavy atom. The second-order valence-corrected chi connectivity index (χ2v) is 12.5. The van der Waals surface area contributed by atoms with Crippen LogP contribution in [-0.4, -0.2) is 22.4 Å². The summed E-state index contributed by atoms with van der Waals surface area (Å²) in [7, 11) is 1.48. The predicted molar refractivity (Wildman–Crippen MR) is 131 cm³/mol. The number of hydrogen-bond acceptors (Lipinski definition) is 3. The van der Waals surface area contributed by atoms with E-state index >= 15 is 0 Å². The quantitative estimate of drug-likeness (QED) is 0.261. The van der Waals surface area contributed by atoms with Crippen molar-refractivity contribution in [2.24, 2.45) is 5.41 Å². The third-order valence-corrected chi connectivity index (χ3v) is 7.44. The molecule has 5 heteroatoms. The highest BCUT2D eigenvalue weighted by Gasteiger charge is 2.35. The van der Waals surface area contributed by atoms with Gasteiger partial charge >= 0.3 is 5.97 Å². The fourth-order valence-corrected chi connectivity index (χ4v) is 5.78. The van der Waals surface area contributed by atoms with Crippen LogP contribution >= 0.6 is 23.4 Å². The van der Waals surface area contributed by atoms with Crippen LogP contribution in [0.4, 0.5) is 0 Å². The van der Waals surface area contributed by atoms with Gasteiger partial charge in [0.1, 0.15) is 0 Å². The molecule has 1 aromatic heterocycles. The summed E-state index contributed by atoms with van der Waals surface area (Å²) in [6.07, 6.45) is 6.61. The summed E-state index contributed by atoms with van der Waals surface area (Å²) < 4.78 is 7.75. The number of halogens is 1. The van der Waals surface area contributed by atoms with Gasteiger partial charge in [0.05, 0.1) is 12.5 Å². The van der Waals surface area contributed by atoms with E-state index in [4.69, 9.17) is 16.3 Å². The van der Waals surface area contributed by atoms with Crippen molar-refractivity contribution in [3.8, 4) is 0 Å². The zero-order chi connectivity index (χ0) is 22.8. The van der Waals surface area contributed by atoms with Crippen LogP contribution in [0, 0.1) is 5.41 Å². The van der Waals surface area contributed by atoms with Crippen LogP contribution in [0.5, 0.6) is 0 Å². The minimum absolute atomic E-state index is 0.0939. The number of rotatable bonds is 6. The molecule has 1 aliphatic rings. The molecule has 170 valence electrons. The summed E-state index contributed by atoms with van der Waals surface area (Å²) in [6.45, 7) is 11.6. The number of esters is 1. The Morgan fingerprint density at radius 2 is 1.71 bits per heavy atom. The Kier molecular flexibility index (Phi) is 7.53. The average Bonchev–Trinajstić information content (AvgIpc) is 2.86. The summed E-state index contributed by atoms with van der Waals surface area (Å²) in [6, 6.07) is 8.14. The molecular formula is C26H36ClNO2S. The van der Waals surface area contributed by atoms with Crippen molar-refractivity contribution in [3.05, 3.63) is 51.8 Å². The minimum atomic E-state index is -0.587. The first kappa shape index (κ1) is 24.3. The Bertz CT molecular complexity index is 922. The molecule has 0 amide bonds. The van der Waals surface area contributed by atoms with Gasteiger partial charge < -0.3 is 9.30 Å². The van der Waals surface area contributed by atoms with Crippen molar-refractivity contribution in [2.45, 2.75) is 89.3 Å². The van der Waals surface area contributed by atoms with E-state index in [1.54, 1.807) is 0 Å². The van der Waals surface area contributed by atoms with Crippen molar-refractivity contribution in [1.29, 1.82) is 0 Å². The molecule has 2 aromatic rings. The van der Waals surface area contributed by atoms with Gasteiger partial charge in [0.2, 0.25) is 0 Å². The first-order valence-electron chi connectivity index (χ1n) is 11.3. The molecule has 0 radical (unpaired) electrons. The number of fused-ring (bicyclic) bond motifs is 1. The molecule has 0 unspecified atom stereocenters. The van der Waals surface area contributed by atoms with Gasteiger partial charge in [-0.05, 0) is 62.8 Å². The van der Waals surface area contributed by atoms with Gasteiger partial charge in [-0.3, -0.25) is 4.79 Å². The van der Waals surface area contributed by atoms with Crippen LogP contribution in [0.25, 0.3) is 0 Å². The number of ether oxygens (including phenoxy) is 1. The van der Waals surface area contributed by atoms with Crippen molar-refractivity contribution >= 4 is 29.3 Å². The van der Waals surface area contributed by atoms with Crippen molar-refractivity contribution in [3.63, 3.8) is 0 Å². The van der Waals surface area contributed by atoms with Crippen LogP contribution in [0.1, 0.15) is 76.4 Å². The van der Waals surface area contributed by atoms with Gasteiger partial charge in [-0.1, -0.05) is 50.9 Å². The second kappa shape index (κ2) is 9.62. The first-order valence-corrected chi connectivity index (χ1v) is 12.5. The van der Waals surface area contributed by atoms with E-state index in [0.29, 0.717) is 6.42 Å². The Hall–Kier alpha value is -1.39. The summed E-state index contributed by atoms with van der Waals surface area (Å²) in [5.41, 5.74) is 4.88. The van der Waals surface area contributed by atoms with Gasteiger partial charge in [0, 0.05) is 39.0 Å². The third kappa shape index (κ3) is 5.90. The maximum Gasteiger partial charge on any atom is 0.311 e. The van der Waals surface area contributed by atoms with Crippen molar-refractivity contribution < 1.29 is 9.53 Å². The van der Waals surface area contributed by atoms with Gasteiger partial charge in [-0.15, -0.1) is 11.8 Å². The Morgan fingerprint density at radius 3 is 2.32 bits per heavy atom. The van der Waals surface area contributed by atoms with E-state index in [2.05, 4.69) is 37.5 Å². The molecule has 1 heterocycles. The number of carbonyl (C=O) groups is 1. The number of thioether (sulfide) groups is 1. The SMILES string of the molecule is COC(=O)C(C)(C)Cc1c(SC(C)(C)C)c2c(n1Cc1ccc(Cl)cc1)CCCCC2. The normalized spacial score (nSPS) is 14.8. The zero-order valence-electron chi connectivity index (χ0n) is 19.8. The molecule has 0 atom stereocenters. The number of nitrogens with zero attached hydrogens (tertiary/aromatic N) is 1. The maximum atomic E-state index is 12.6. The molecule has 0 saturated carbocycles. The molecule has 1 aromatic carbocycles. The van der Waals surface area contributed by atoms with Crippen LogP contribution < -0.4 is 0 Å². The third-order valence-electron chi connectivity index (χ3n) is 5.89. The lowest BCUT2D eigenvalue weighted by molar-refractivity contribution is -0.150. The monoisotopic (exact) mass is 461 g/mol. The predicted octanol–water partition coefficient (Wildman–Crippen LogP) is 7.09. The van der Waals surface area contributed by atoms with E-state index in [9.17, 15) is 4.79 Å². The molecule has 3 nitrogen and oxygen atoms in total. The van der Waals surface area contributed by atoms with Crippen LogP contribution in [0.15, 0.2) is 29.2 Å². The molecule has 31 heavy (non-hydrogen) atoms. The molecule has 0 N–H and O–H groups in total. The fourth-order valence-electron chi connectivity index (χ4n) is 4.40. The van der Waals surface area contributed by atoms with E-state index in [1.807, 2.05) is 37.7 Å². The lowest BCUT2D eigenvalue weighted by Crippen LogP contribution is -2.29. The molecule has 1 aliphatic carbocycles. The van der Waals surface area contributed by atoms with Gasteiger partial charge in [0.25, 0.3) is 0 Å². The highest BCUT2D eigenvalue weighted by Crippen LogP contribution is 2.44. The van der Waals surface area contributed by atoms with Gasteiger partial charge in [-0.25, -0.2) is 0 Å². The lowest BCUT2D eigenvalue weighted by atomic mass is 9.87. The van der Waals surface area contributed by atoms with E-state index in [0.717, 1.165) is 24.4 Å². The fraction of sp³-hybridized carbons (Fsp3) is 0.577. The lowest BCUT2D eigenvalue weighted by Gasteiger charge is -2.26. The molecule has 0 aliphatic heterocycles. The maximum absolute atomic E-state index is 12.6. The zero-order valence-corrected chi connectivity index (χ0v) is 21.4. The van der Waals surface area contributed by atoms with Crippen molar-refractivity contribution in [2.75, 3.05) is 7.11 Å². The Labute approximate surface area is 196 Å². The van der Waals surface area contributed by atoms with E-state index < -0.39 is 5.41 Å². The minimum Gasteiger partial charge on any atom is -0.469 e. The average molecular weight is 462 g/mol. The summed E-state index contributed by atoms with van der Waals surface area (Å²) in [4.78, 5) is 14.0. The van der Waals surface area contributed by atoms with Crippen LogP contribution in [0.3, 0.4) is 0 Å². The summed E-state index contributed by atoms with van der Waals surface area (Å²) >= 11 is 8.09. The Balaban J connectivity index is 2.17. The molecular weight excluding hydrogens is 426 g/mol. The molecule has 0 saturated heterocycles. The number of hydrogen-bond donors (Lipinski definition) is 0. The smallest absolute Gasteiger partial charge is 0.311 e. The number of carbonyl (C=O) groups excluding carboxylic acids is 1. The second-order valence-electron chi connectivity index (χ2n) is 10.2. The van der Waals surface area contributed by atoms with Gasteiger partial charge in [-0.2, -0.15) is 0 Å². The first-order chi connectivity index (χ1) is 14.5. The standard InChI is InChI=1S/C26H36ClNO2S/c1-25(2,3)31-23-20-10-8-7-9-11-21(20)28(17-18-12-14-19(27)15-13-18)22(23)16-26(4,5)24(29)30-6/h12-15H,7-11,16-17H2,1-6H3. The van der Waals surface area contributed by atoms with Crippen LogP contribution in [0.2, 0.25) is 5.02 Å². The number of aromatic nitrogens is 1.